The minimum Gasteiger partial charge on any atom is -0.457 e. The summed E-state index contributed by atoms with van der Waals surface area (Å²) in [5.41, 5.74) is 1.01. The summed E-state index contributed by atoms with van der Waals surface area (Å²) < 4.78 is 30.2. The number of hydrogen-bond donors (Lipinski definition) is 0. The van der Waals surface area contributed by atoms with E-state index >= 15 is 0 Å². The van der Waals surface area contributed by atoms with E-state index in [1.165, 1.54) is 6.08 Å². The van der Waals surface area contributed by atoms with E-state index in [9.17, 15) is 23.3 Å². The Kier molecular flexibility index (Phi) is 6.54. The van der Waals surface area contributed by atoms with Crippen LogP contribution < -0.4 is 0 Å². The van der Waals surface area contributed by atoms with Crippen LogP contribution in [0, 0.1) is 11.3 Å². The minimum atomic E-state index is -3.40. The molecule has 2 aromatic carbocycles. The highest BCUT2D eigenvalue weighted by atomic mass is 35.5. The zero-order chi connectivity index (χ0) is 26.3. The third-order valence-electron chi connectivity index (χ3n) is 6.28. The maximum atomic E-state index is 13.8. The fourth-order valence-electron chi connectivity index (χ4n) is 4.56. The Hall–Kier alpha value is -3.64. The van der Waals surface area contributed by atoms with Crippen LogP contribution in [0.25, 0.3) is 23.0 Å². The van der Waals surface area contributed by atoms with E-state index in [-0.39, 0.29) is 40.4 Å². The summed E-state index contributed by atoms with van der Waals surface area (Å²) in [7, 11) is -3.40. The molecule has 0 bridgehead atoms. The Morgan fingerprint density at radius 3 is 2.43 bits per heavy atom. The first kappa shape index (κ1) is 25.0. The van der Waals surface area contributed by atoms with Gasteiger partial charge in [-0.15, -0.1) is 0 Å². The van der Waals surface area contributed by atoms with Gasteiger partial charge in [-0.05, 0) is 42.3 Å². The number of halogens is 2. The molecule has 0 radical (unpaired) electrons. The molecule has 7 nitrogen and oxygen atoms in total. The fraction of sp³-hybridized carbons (Fsp3) is 0.148. The van der Waals surface area contributed by atoms with E-state index in [4.69, 9.17) is 27.6 Å². The molecule has 0 aliphatic carbocycles. The molecule has 1 saturated heterocycles. The molecule has 1 aromatic heterocycles. The molecule has 2 aliphatic rings. The van der Waals surface area contributed by atoms with Crippen LogP contribution in [0.15, 0.2) is 76.2 Å². The van der Waals surface area contributed by atoms with Crippen molar-refractivity contribution in [3.63, 3.8) is 0 Å². The van der Waals surface area contributed by atoms with Gasteiger partial charge in [0.1, 0.15) is 23.2 Å². The Morgan fingerprint density at radius 1 is 1.00 bits per heavy atom. The van der Waals surface area contributed by atoms with Gasteiger partial charge in [0.05, 0.1) is 33.2 Å². The summed E-state index contributed by atoms with van der Waals surface area (Å²) in [6, 6.07) is 18.1. The molecule has 1 fully saturated rings. The molecule has 3 heterocycles. The van der Waals surface area contributed by atoms with E-state index < -0.39 is 27.7 Å². The molecule has 10 heteroatoms. The maximum absolute atomic E-state index is 13.8. The van der Waals surface area contributed by atoms with Crippen LogP contribution in [-0.2, 0) is 19.4 Å². The summed E-state index contributed by atoms with van der Waals surface area (Å²) >= 11 is 12.5. The number of nitrogens with zero attached hydrogens (tertiary/aromatic N) is 2. The third-order valence-corrected chi connectivity index (χ3v) is 8.85. The quantitative estimate of drug-likeness (QED) is 0.326. The standard InChI is InChI=1S/C27H18Cl2N2O5S/c28-22-8-4-7-19(25(22)29)23-10-9-18(36-23)13-20-24(16-5-2-1-3-6-16)21(14-30)27(33)31(26(20)32)17-11-12-37(34,35)15-17/h1-10,13,17H,11-12,15H2. The van der Waals surface area contributed by atoms with Gasteiger partial charge in [0.25, 0.3) is 11.8 Å². The van der Waals surface area contributed by atoms with Crippen molar-refractivity contribution in [3.05, 3.63) is 93.2 Å². The van der Waals surface area contributed by atoms with Gasteiger partial charge < -0.3 is 4.42 Å². The number of sulfone groups is 1. The van der Waals surface area contributed by atoms with E-state index in [0.717, 1.165) is 4.90 Å². The van der Waals surface area contributed by atoms with Crippen molar-refractivity contribution < 1.29 is 22.4 Å². The second-order valence-corrected chi connectivity index (χ2v) is 11.6. The molecule has 0 spiro atoms. The number of nitriles is 1. The number of furan rings is 1. The average molecular weight is 553 g/mol. The molecule has 0 saturated carbocycles. The highest BCUT2D eigenvalue weighted by Crippen LogP contribution is 2.38. The van der Waals surface area contributed by atoms with E-state index in [2.05, 4.69) is 0 Å². The number of benzene rings is 2. The summed E-state index contributed by atoms with van der Waals surface area (Å²) in [4.78, 5) is 28.0. The van der Waals surface area contributed by atoms with E-state index in [0.29, 0.717) is 26.9 Å². The van der Waals surface area contributed by atoms with Crippen molar-refractivity contribution >= 4 is 56.5 Å². The number of carbonyl (C=O) groups excluding carboxylic acids is 2. The number of amides is 2. The SMILES string of the molecule is N#CC1=C(c2ccccc2)C(=Cc2ccc(-c3cccc(Cl)c3Cl)o2)C(=O)N(C2CCS(=O)(=O)C2)C1=O. The van der Waals surface area contributed by atoms with Crippen molar-refractivity contribution in [2.75, 3.05) is 11.5 Å². The van der Waals surface area contributed by atoms with Crippen LogP contribution in [0.4, 0.5) is 0 Å². The molecule has 1 atom stereocenters. The van der Waals surface area contributed by atoms with Crippen LogP contribution in [0.2, 0.25) is 10.0 Å². The zero-order valence-corrected chi connectivity index (χ0v) is 21.5. The van der Waals surface area contributed by atoms with E-state index in [1.54, 1.807) is 60.7 Å². The van der Waals surface area contributed by atoms with Gasteiger partial charge in [0.15, 0.2) is 9.84 Å². The van der Waals surface area contributed by atoms with Crippen molar-refractivity contribution in [1.29, 1.82) is 5.26 Å². The second-order valence-electron chi connectivity index (χ2n) is 8.63. The van der Waals surface area contributed by atoms with Crippen molar-refractivity contribution in [1.82, 2.24) is 4.90 Å². The predicted molar refractivity (Wildman–Crippen MR) is 140 cm³/mol. The first-order chi connectivity index (χ1) is 17.7. The first-order valence-electron chi connectivity index (χ1n) is 11.2. The lowest BCUT2D eigenvalue weighted by Gasteiger charge is -2.32. The highest BCUT2D eigenvalue weighted by molar-refractivity contribution is 7.91. The third kappa shape index (κ3) is 4.62. The predicted octanol–water partition coefficient (Wildman–Crippen LogP) is 5.17. The first-order valence-corrected chi connectivity index (χ1v) is 13.8. The Morgan fingerprint density at radius 2 is 1.76 bits per heavy atom. The highest BCUT2D eigenvalue weighted by Gasteiger charge is 2.45. The van der Waals surface area contributed by atoms with E-state index in [1.807, 2.05) is 6.07 Å². The maximum Gasteiger partial charge on any atom is 0.272 e. The Bertz CT molecular complexity index is 1650. The second kappa shape index (κ2) is 9.67. The topological polar surface area (TPSA) is 108 Å². The molecule has 37 heavy (non-hydrogen) atoms. The number of carbonyl (C=O) groups is 2. The number of imide groups is 1. The summed E-state index contributed by atoms with van der Waals surface area (Å²) in [6.07, 6.45) is 1.57. The summed E-state index contributed by atoms with van der Waals surface area (Å²) in [5, 5.41) is 10.6. The van der Waals surface area contributed by atoms with Crippen LogP contribution in [0.1, 0.15) is 17.7 Å². The zero-order valence-electron chi connectivity index (χ0n) is 19.1. The van der Waals surface area contributed by atoms with Crippen LogP contribution in [-0.4, -0.2) is 42.7 Å². The molecule has 1 unspecified atom stereocenters. The Balaban J connectivity index is 1.66. The van der Waals surface area contributed by atoms with Crippen molar-refractivity contribution in [2.45, 2.75) is 12.5 Å². The van der Waals surface area contributed by atoms with Crippen LogP contribution >= 0.6 is 23.2 Å². The van der Waals surface area contributed by atoms with Gasteiger partial charge in [-0.25, -0.2) is 8.42 Å². The Labute approximate surface area is 223 Å². The normalized spacial score (nSPS) is 20.5. The van der Waals surface area contributed by atoms with Gasteiger partial charge in [-0.1, -0.05) is 59.6 Å². The molecular weight excluding hydrogens is 535 g/mol. The molecule has 2 amide bonds. The lowest BCUT2D eigenvalue weighted by Crippen LogP contribution is -2.49. The molecule has 3 aromatic rings. The summed E-state index contributed by atoms with van der Waals surface area (Å²) in [5.74, 6) is -1.29. The van der Waals surface area contributed by atoms with Crippen LogP contribution in [0.5, 0.6) is 0 Å². The average Bonchev–Trinajstić information content (AvgIpc) is 3.48. The van der Waals surface area contributed by atoms with Gasteiger partial charge in [0, 0.05) is 11.1 Å². The van der Waals surface area contributed by atoms with Crippen molar-refractivity contribution in [3.8, 4) is 17.4 Å². The lowest BCUT2D eigenvalue weighted by atomic mass is 9.87. The lowest BCUT2D eigenvalue weighted by molar-refractivity contribution is -0.142. The summed E-state index contributed by atoms with van der Waals surface area (Å²) in [6.45, 7) is 0. The monoisotopic (exact) mass is 552 g/mol. The van der Waals surface area contributed by atoms with Gasteiger partial charge in [-0.2, -0.15) is 5.26 Å². The molecule has 0 N–H and O–H groups in total. The van der Waals surface area contributed by atoms with Gasteiger partial charge >= 0.3 is 0 Å². The minimum absolute atomic E-state index is 0.0461. The van der Waals surface area contributed by atoms with Gasteiger partial charge in [0.2, 0.25) is 0 Å². The molecule has 5 rings (SSSR count). The van der Waals surface area contributed by atoms with Crippen molar-refractivity contribution in [2.24, 2.45) is 0 Å². The van der Waals surface area contributed by atoms with Crippen LogP contribution in [0.3, 0.4) is 0 Å². The number of hydrogen-bond acceptors (Lipinski definition) is 6. The van der Waals surface area contributed by atoms with Gasteiger partial charge in [-0.3, -0.25) is 14.5 Å². The largest absolute Gasteiger partial charge is 0.457 e. The fourth-order valence-corrected chi connectivity index (χ4v) is 6.65. The molecular formula is C27H18Cl2N2O5S. The number of rotatable bonds is 4. The smallest absolute Gasteiger partial charge is 0.272 e. The molecule has 2 aliphatic heterocycles. The molecule has 186 valence electrons.